The van der Waals surface area contributed by atoms with Crippen molar-refractivity contribution in [1.82, 2.24) is 29.7 Å². The summed E-state index contributed by atoms with van der Waals surface area (Å²) in [6.45, 7) is 14.4. The number of likely N-dealkylation sites (tertiary alicyclic amines) is 1. The molecule has 0 bridgehead atoms. The molecular formula is C52H68N6O3. The lowest BCUT2D eigenvalue weighted by molar-refractivity contribution is 0.0689. The highest BCUT2D eigenvalue weighted by Crippen LogP contribution is 2.28. The highest BCUT2D eigenvalue weighted by Gasteiger charge is 2.25. The Hall–Kier alpha value is -5.31. The third-order valence-electron chi connectivity index (χ3n) is 13.4. The van der Waals surface area contributed by atoms with Crippen LogP contribution in [0.3, 0.4) is 0 Å². The number of benzene rings is 3. The van der Waals surface area contributed by atoms with Gasteiger partial charge in [-0.2, -0.15) is 0 Å². The molecule has 0 radical (unpaired) electrons. The van der Waals surface area contributed by atoms with E-state index in [0.29, 0.717) is 17.8 Å². The van der Waals surface area contributed by atoms with Crippen LogP contribution in [-0.4, -0.2) is 74.3 Å². The number of aromatic amines is 2. The number of rotatable bonds is 5. The summed E-state index contributed by atoms with van der Waals surface area (Å²) in [7, 11) is 3.93. The van der Waals surface area contributed by atoms with Gasteiger partial charge in [-0.3, -0.25) is 14.4 Å². The van der Waals surface area contributed by atoms with Crippen LogP contribution in [0.4, 0.5) is 0 Å². The molecule has 324 valence electrons. The lowest BCUT2D eigenvalue weighted by Crippen LogP contribution is -2.38. The molecule has 3 aromatic heterocycles. The zero-order chi connectivity index (χ0) is 43.4. The average Bonchev–Trinajstić information content (AvgIpc) is 3.98. The lowest BCUT2D eigenvalue weighted by Gasteiger charge is -2.30. The molecule has 4 heterocycles. The van der Waals surface area contributed by atoms with Crippen molar-refractivity contribution in [2.24, 2.45) is 7.05 Å². The van der Waals surface area contributed by atoms with Gasteiger partial charge in [0.05, 0.1) is 0 Å². The summed E-state index contributed by atoms with van der Waals surface area (Å²) < 4.78 is 2.02. The van der Waals surface area contributed by atoms with Crippen LogP contribution in [0.15, 0.2) is 54.6 Å². The van der Waals surface area contributed by atoms with Crippen molar-refractivity contribution in [2.45, 2.75) is 137 Å². The van der Waals surface area contributed by atoms with Crippen LogP contribution < -0.4 is 5.32 Å². The molecule has 1 saturated heterocycles. The van der Waals surface area contributed by atoms with Gasteiger partial charge in [-0.05, 0) is 156 Å². The van der Waals surface area contributed by atoms with Crippen LogP contribution in [0.5, 0.6) is 0 Å². The van der Waals surface area contributed by atoms with Gasteiger partial charge in [0.2, 0.25) is 0 Å². The van der Waals surface area contributed by atoms with E-state index in [-0.39, 0.29) is 17.7 Å². The molecular weight excluding hydrogens is 757 g/mol. The summed E-state index contributed by atoms with van der Waals surface area (Å²) in [6.07, 6.45) is 15.6. The Morgan fingerprint density at radius 2 is 1.08 bits per heavy atom. The number of hydrogen-bond acceptors (Lipinski definition) is 3. The number of carbonyl (C=O) groups excluding carboxylic acids is 3. The van der Waals surface area contributed by atoms with E-state index in [1.165, 1.54) is 83.7 Å². The number of hydrogen-bond donors (Lipinski definition) is 3. The van der Waals surface area contributed by atoms with E-state index in [2.05, 4.69) is 93.2 Å². The average molecular weight is 825 g/mol. The predicted octanol–water partition coefficient (Wildman–Crippen LogP) is 11.5. The number of carbonyl (C=O) groups is 3. The number of aryl methyl sites for hydroxylation is 7. The van der Waals surface area contributed by atoms with Crippen molar-refractivity contribution < 1.29 is 14.4 Å². The molecule has 3 N–H and O–H groups in total. The molecule has 6 aromatic rings. The standard InChI is InChI=1S/2C18H24N2O.C16H20N2O/c1-12-9-13(2)15-11-17(19-16(15)10-12)18(21)20(3)14-7-5-4-6-8-14;1-12-9-13(2)15-11-17(20(3)16(15)10-12)18(21)19-14-7-5-4-6-8-14;1-11-8-12(2)13-10-15(17-14(13)9-11)16(19)18-6-4-3-5-7-18/h9-11,14,19H,4-8H2,1-3H3;9-11,14H,4-8H2,1-3H3,(H,19,21);8-10,17H,3-7H2,1-2H3. The number of nitrogens with zero attached hydrogens (tertiary/aromatic N) is 3. The second kappa shape index (κ2) is 19.2. The summed E-state index contributed by atoms with van der Waals surface area (Å²) in [4.78, 5) is 48.2. The van der Waals surface area contributed by atoms with Gasteiger partial charge in [-0.1, -0.05) is 56.7 Å². The quantitative estimate of drug-likeness (QED) is 0.161. The Morgan fingerprint density at radius 1 is 0.590 bits per heavy atom. The van der Waals surface area contributed by atoms with Crippen LogP contribution in [0.1, 0.15) is 148 Å². The van der Waals surface area contributed by atoms with E-state index in [1.54, 1.807) is 0 Å². The van der Waals surface area contributed by atoms with Gasteiger partial charge < -0.3 is 29.7 Å². The molecule has 0 unspecified atom stereocenters. The van der Waals surface area contributed by atoms with Gasteiger partial charge in [-0.15, -0.1) is 0 Å². The Kier molecular flexibility index (Phi) is 13.8. The Bertz CT molecular complexity index is 2520. The maximum Gasteiger partial charge on any atom is 0.270 e. The number of aromatic nitrogens is 3. The normalized spacial score (nSPS) is 16.2. The number of nitrogens with one attached hydrogen (secondary N) is 3. The highest BCUT2D eigenvalue weighted by molar-refractivity contribution is 6.01. The summed E-state index contributed by atoms with van der Waals surface area (Å²) >= 11 is 0. The zero-order valence-electron chi connectivity index (χ0n) is 38.0. The highest BCUT2D eigenvalue weighted by atomic mass is 16.2. The fourth-order valence-corrected chi connectivity index (χ4v) is 10.0. The molecule has 1 aliphatic heterocycles. The van der Waals surface area contributed by atoms with Crippen molar-refractivity contribution in [2.75, 3.05) is 20.1 Å². The van der Waals surface area contributed by atoms with E-state index in [9.17, 15) is 14.4 Å². The monoisotopic (exact) mass is 825 g/mol. The Balaban J connectivity index is 0.000000138. The number of fused-ring (bicyclic) bond motifs is 3. The van der Waals surface area contributed by atoms with E-state index >= 15 is 0 Å². The van der Waals surface area contributed by atoms with Crippen molar-refractivity contribution >= 4 is 50.4 Å². The molecule has 61 heavy (non-hydrogen) atoms. The van der Waals surface area contributed by atoms with Gasteiger partial charge in [-0.25, -0.2) is 0 Å². The van der Waals surface area contributed by atoms with Crippen molar-refractivity contribution in [3.63, 3.8) is 0 Å². The zero-order valence-corrected chi connectivity index (χ0v) is 38.0. The SMILES string of the molecule is Cc1cc(C)c2cc(C(=O)N(C)C3CCCCC3)[nH]c2c1.Cc1cc(C)c2cc(C(=O)N3CCCCC3)[nH]c2c1.Cc1cc(C)c2cc(C(=O)NC3CCCCC3)n(C)c2c1. The second-order valence-corrected chi connectivity index (χ2v) is 18.4. The van der Waals surface area contributed by atoms with E-state index in [0.717, 1.165) is 90.3 Å². The summed E-state index contributed by atoms with van der Waals surface area (Å²) in [6, 6.07) is 19.7. The molecule has 9 nitrogen and oxygen atoms in total. The molecule has 2 aliphatic carbocycles. The molecule has 3 aliphatic rings. The third-order valence-corrected chi connectivity index (χ3v) is 13.4. The smallest absolute Gasteiger partial charge is 0.270 e. The first kappa shape index (κ1) is 43.8. The number of piperidine rings is 1. The summed E-state index contributed by atoms with van der Waals surface area (Å²) in [5, 5.41) is 6.70. The fourth-order valence-electron chi connectivity index (χ4n) is 10.0. The Morgan fingerprint density at radius 3 is 1.67 bits per heavy atom. The largest absolute Gasteiger partial charge is 0.351 e. The molecule has 9 heteroatoms. The van der Waals surface area contributed by atoms with E-state index < -0.39 is 0 Å². The molecule has 3 amide bonds. The van der Waals surface area contributed by atoms with Crippen LogP contribution in [0, 0.1) is 41.5 Å². The Labute approximate surface area is 362 Å². The van der Waals surface area contributed by atoms with Gasteiger partial charge in [0.1, 0.15) is 17.1 Å². The molecule has 0 atom stereocenters. The van der Waals surface area contributed by atoms with Gasteiger partial charge >= 0.3 is 0 Å². The summed E-state index contributed by atoms with van der Waals surface area (Å²) in [5.74, 6) is 0.334. The van der Waals surface area contributed by atoms with Crippen LogP contribution in [0.2, 0.25) is 0 Å². The first-order valence-electron chi connectivity index (χ1n) is 22.9. The molecule has 0 spiro atoms. The van der Waals surface area contributed by atoms with Crippen LogP contribution in [-0.2, 0) is 7.05 Å². The number of amides is 3. The van der Waals surface area contributed by atoms with Crippen molar-refractivity contribution in [3.8, 4) is 0 Å². The van der Waals surface area contributed by atoms with E-state index in [1.807, 2.05) is 46.7 Å². The van der Waals surface area contributed by atoms with Gasteiger partial charge in [0, 0.05) is 72.0 Å². The predicted molar refractivity (Wildman–Crippen MR) is 251 cm³/mol. The first-order chi connectivity index (χ1) is 29.3. The minimum absolute atomic E-state index is 0.0673. The fraction of sp³-hybridized carbons (Fsp3) is 0.481. The minimum atomic E-state index is 0.0673. The number of H-pyrrole nitrogens is 2. The van der Waals surface area contributed by atoms with Gasteiger partial charge in [0.25, 0.3) is 17.7 Å². The third kappa shape index (κ3) is 10.1. The summed E-state index contributed by atoms with van der Waals surface area (Å²) in [5.41, 5.74) is 12.8. The van der Waals surface area contributed by atoms with Gasteiger partial charge in [0.15, 0.2) is 0 Å². The van der Waals surface area contributed by atoms with E-state index in [4.69, 9.17) is 0 Å². The molecule has 9 rings (SSSR count). The molecule has 2 saturated carbocycles. The lowest BCUT2D eigenvalue weighted by atomic mass is 9.94. The van der Waals surface area contributed by atoms with Crippen molar-refractivity contribution in [3.05, 3.63) is 105 Å². The second-order valence-electron chi connectivity index (χ2n) is 18.4. The maximum absolute atomic E-state index is 12.7. The minimum Gasteiger partial charge on any atom is -0.351 e. The molecule has 3 aromatic carbocycles. The van der Waals surface area contributed by atoms with Crippen LogP contribution in [0.25, 0.3) is 32.7 Å². The maximum atomic E-state index is 12.7. The van der Waals surface area contributed by atoms with Crippen molar-refractivity contribution in [1.29, 1.82) is 0 Å². The van der Waals surface area contributed by atoms with Crippen LogP contribution >= 0.6 is 0 Å². The first-order valence-corrected chi connectivity index (χ1v) is 22.9. The molecule has 3 fully saturated rings. The topological polar surface area (TPSA) is 106 Å².